The van der Waals surface area contributed by atoms with E-state index in [-0.39, 0.29) is 11.5 Å². The maximum absolute atomic E-state index is 9.63. The summed E-state index contributed by atoms with van der Waals surface area (Å²) in [5, 5.41) is 19.0. The van der Waals surface area contributed by atoms with Gasteiger partial charge in [0, 0.05) is 12.6 Å². The van der Waals surface area contributed by atoms with Crippen LogP contribution in [-0.4, -0.2) is 28.7 Å². The number of hydrogen-bond acceptors (Lipinski definition) is 3. The van der Waals surface area contributed by atoms with E-state index < -0.39 is 0 Å². The van der Waals surface area contributed by atoms with Gasteiger partial charge >= 0.3 is 0 Å². The Morgan fingerprint density at radius 2 is 1.90 bits per heavy atom. The summed E-state index contributed by atoms with van der Waals surface area (Å²) in [6, 6.07) is 14.0. The summed E-state index contributed by atoms with van der Waals surface area (Å²) in [6.45, 7) is 1.05. The minimum atomic E-state index is -0.0638. The van der Waals surface area contributed by atoms with Crippen LogP contribution >= 0.6 is 0 Å². The summed E-state index contributed by atoms with van der Waals surface area (Å²) >= 11 is 0. The molecule has 0 saturated carbocycles. The Kier molecular flexibility index (Phi) is 3.36. The van der Waals surface area contributed by atoms with Gasteiger partial charge in [-0.25, -0.2) is 0 Å². The fourth-order valence-corrected chi connectivity index (χ4v) is 2.96. The first-order chi connectivity index (χ1) is 9.65. The molecule has 0 aromatic heterocycles. The Morgan fingerprint density at radius 1 is 1.10 bits per heavy atom. The zero-order valence-corrected chi connectivity index (χ0v) is 11.6. The summed E-state index contributed by atoms with van der Waals surface area (Å²) in [5.41, 5.74) is 3.82. The van der Waals surface area contributed by atoms with Gasteiger partial charge in [0.15, 0.2) is 11.5 Å². The van der Waals surface area contributed by atoms with Gasteiger partial charge < -0.3 is 10.2 Å². The fraction of sp³-hybridized carbons (Fsp3) is 0.294. The molecule has 104 valence electrons. The lowest BCUT2D eigenvalue weighted by Crippen LogP contribution is -2.33. The predicted octanol–water partition coefficient (Wildman–Crippen LogP) is 2.87. The number of likely N-dealkylation sites (N-methyl/N-ethyl adjacent to an activating group) is 1. The first kappa shape index (κ1) is 13.0. The molecular formula is C17H19NO2. The van der Waals surface area contributed by atoms with Crippen LogP contribution in [0.3, 0.4) is 0 Å². The van der Waals surface area contributed by atoms with E-state index in [9.17, 15) is 10.2 Å². The summed E-state index contributed by atoms with van der Waals surface area (Å²) in [6.07, 6.45) is 1.92. The molecule has 1 aliphatic rings. The van der Waals surface area contributed by atoms with E-state index in [0.29, 0.717) is 6.04 Å². The highest BCUT2D eigenvalue weighted by Crippen LogP contribution is 2.33. The van der Waals surface area contributed by atoms with Crippen LogP contribution in [0.1, 0.15) is 22.7 Å². The van der Waals surface area contributed by atoms with Crippen molar-refractivity contribution >= 4 is 0 Å². The maximum atomic E-state index is 9.63. The Morgan fingerprint density at radius 3 is 2.70 bits per heavy atom. The van der Waals surface area contributed by atoms with E-state index in [4.69, 9.17) is 0 Å². The van der Waals surface area contributed by atoms with Crippen LogP contribution in [-0.2, 0) is 12.8 Å². The molecule has 0 bridgehead atoms. The van der Waals surface area contributed by atoms with Crippen molar-refractivity contribution in [3.8, 4) is 11.5 Å². The molecule has 2 aromatic carbocycles. The topological polar surface area (TPSA) is 43.7 Å². The van der Waals surface area contributed by atoms with Gasteiger partial charge in [-0.1, -0.05) is 30.3 Å². The summed E-state index contributed by atoms with van der Waals surface area (Å²) < 4.78 is 0. The molecule has 0 fully saturated rings. The Hall–Kier alpha value is -2.00. The van der Waals surface area contributed by atoms with Crippen LogP contribution in [0.25, 0.3) is 0 Å². The molecule has 1 heterocycles. The van der Waals surface area contributed by atoms with E-state index >= 15 is 0 Å². The molecular weight excluding hydrogens is 250 g/mol. The zero-order valence-electron chi connectivity index (χ0n) is 11.6. The predicted molar refractivity (Wildman–Crippen MR) is 79.0 cm³/mol. The van der Waals surface area contributed by atoms with Crippen molar-refractivity contribution in [3.05, 3.63) is 59.2 Å². The third kappa shape index (κ3) is 2.37. The lowest BCUT2D eigenvalue weighted by molar-refractivity contribution is 0.229. The lowest BCUT2D eigenvalue weighted by atomic mass is 9.89. The van der Waals surface area contributed by atoms with Crippen molar-refractivity contribution < 1.29 is 10.2 Å². The van der Waals surface area contributed by atoms with E-state index in [1.165, 1.54) is 11.1 Å². The van der Waals surface area contributed by atoms with Crippen LogP contribution in [0.2, 0.25) is 0 Å². The largest absolute Gasteiger partial charge is 0.504 e. The Balaban J connectivity index is 1.91. The van der Waals surface area contributed by atoms with Crippen LogP contribution < -0.4 is 0 Å². The van der Waals surface area contributed by atoms with Crippen molar-refractivity contribution in [1.82, 2.24) is 4.90 Å². The highest BCUT2D eigenvalue weighted by Gasteiger charge is 2.24. The second kappa shape index (κ2) is 5.17. The second-order valence-corrected chi connectivity index (χ2v) is 5.47. The Labute approximate surface area is 119 Å². The molecule has 20 heavy (non-hydrogen) atoms. The molecule has 2 N–H and O–H groups in total. The number of fused-ring (bicyclic) bond motifs is 1. The number of hydrogen-bond donors (Lipinski definition) is 2. The van der Waals surface area contributed by atoms with Gasteiger partial charge in [0.25, 0.3) is 0 Å². The highest BCUT2D eigenvalue weighted by atomic mass is 16.3. The summed E-state index contributed by atoms with van der Waals surface area (Å²) in [4.78, 5) is 2.35. The fourth-order valence-electron chi connectivity index (χ4n) is 2.96. The SMILES string of the molecule is CN1CCc2ccccc2C1Cc1ccc(O)c(O)c1. The number of nitrogens with zero attached hydrogens (tertiary/aromatic N) is 1. The third-order valence-electron chi connectivity index (χ3n) is 4.15. The lowest BCUT2D eigenvalue weighted by Gasteiger charge is -2.34. The molecule has 1 atom stereocenters. The van der Waals surface area contributed by atoms with E-state index in [1.807, 2.05) is 6.07 Å². The minimum absolute atomic E-state index is 0.0470. The van der Waals surface area contributed by atoms with Gasteiger partial charge in [-0.3, -0.25) is 4.90 Å². The zero-order chi connectivity index (χ0) is 14.1. The van der Waals surface area contributed by atoms with Crippen LogP contribution in [0.4, 0.5) is 0 Å². The molecule has 0 amide bonds. The quantitative estimate of drug-likeness (QED) is 0.824. The standard InChI is InChI=1S/C17H19NO2/c1-18-9-8-13-4-2-3-5-14(13)15(18)10-12-6-7-16(19)17(20)11-12/h2-7,11,15,19-20H,8-10H2,1H3. The van der Waals surface area contributed by atoms with Gasteiger partial charge in [-0.05, 0) is 48.7 Å². The van der Waals surface area contributed by atoms with Crippen LogP contribution in [0.5, 0.6) is 11.5 Å². The molecule has 0 radical (unpaired) electrons. The highest BCUT2D eigenvalue weighted by molar-refractivity contribution is 5.42. The smallest absolute Gasteiger partial charge is 0.157 e. The van der Waals surface area contributed by atoms with Gasteiger partial charge in [0.1, 0.15) is 0 Å². The van der Waals surface area contributed by atoms with Crippen LogP contribution in [0.15, 0.2) is 42.5 Å². The monoisotopic (exact) mass is 269 g/mol. The molecule has 1 unspecified atom stereocenters. The van der Waals surface area contributed by atoms with Crippen molar-refractivity contribution in [2.75, 3.05) is 13.6 Å². The summed E-state index contributed by atoms with van der Waals surface area (Å²) in [7, 11) is 2.14. The number of phenolic OH excluding ortho intramolecular Hbond substituents is 2. The number of phenols is 2. The van der Waals surface area contributed by atoms with Gasteiger partial charge in [0.05, 0.1) is 0 Å². The van der Waals surface area contributed by atoms with Crippen molar-refractivity contribution in [2.24, 2.45) is 0 Å². The number of rotatable bonds is 2. The normalized spacial score (nSPS) is 18.8. The summed E-state index contributed by atoms with van der Waals surface area (Å²) in [5.74, 6) is -0.111. The van der Waals surface area contributed by atoms with Gasteiger partial charge in [-0.15, -0.1) is 0 Å². The molecule has 1 aliphatic heterocycles. The minimum Gasteiger partial charge on any atom is -0.504 e. The second-order valence-electron chi connectivity index (χ2n) is 5.47. The van der Waals surface area contributed by atoms with E-state index in [1.54, 1.807) is 12.1 Å². The van der Waals surface area contributed by atoms with E-state index in [0.717, 1.165) is 24.9 Å². The van der Waals surface area contributed by atoms with Crippen molar-refractivity contribution in [1.29, 1.82) is 0 Å². The third-order valence-corrected chi connectivity index (χ3v) is 4.15. The molecule has 3 heteroatoms. The van der Waals surface area contributed by atoms with Gasteiger partial charge in [-0.2, -0.15) is 0 Å². The van der Waals surface area contributed by atoms with E-state index in [2.05, 4.69) is 36.2 Å². The molecule has 3 nitrogen and oxygen atoms in total. The molecule has 3 rings (SSSR count). The molecule has 2 aromatic rings. The van der Waals surface area contributed by atoms with Crippen LogP contribution in [0, 0.1) is 0 Å². The van der Waals surface area contributed by atoms with Crippen molar-refractivity contribution in [3.63, 3.8) is 0 Å². The molecule has 0 spiro atoms. The first-order valence-electron chi connectivity index (χ1n) is 6.94. The number of benzene rings is 2. The van der Waals surface area contributed by atoms with Gasteiger partial charge in [0.2, 0.25) is 0 Å². The molecule has 0 aliphatic carbocycles. The first-order valence-corrected chi connectivity index (χ1v) is 6.94. The Bertz CT molecular complexity index is 624. The molecule has 0 saturated heterocycles. The number of aromatic hydroxyl groups is 2. The maximum Gasteiger partial charge on any atom is 0.157 e. The average Bonchev–Trinajstić information content (AvgIpc) is 2.46. The van der Waals surface area contributed by atoms with Crippen molar-refractivity contribution in [2.45, 2.75) is 18.9 Å². The average molecular weight is 269 g/mol.